The third-order valence-corrected chi connectivity index (χ3v) is 4.98. The summed E-state index contributed by atoms with van der Waals surface area (Å²) in [6, 6.07) is 7.26. The fourth-order valence-corrected chi connectivity index (χ4v) is 3.45. The average Bonchev–Trinajstić information content (AvgIpc) is 2.91. The highest BCUT2D eigenvalue weighted by molar-refractivity contribution is 8.00. The molecule has 1 aliphatic rings. The van der Waals surface area contributed by atoms with Gasteiger partial charge in [-0.15, -0.1) is 11.8 Å². The first-order chi connectivity index (χ1) is 9.15. The highest BCUT2D eigenvalue weighted by Crippen LogP contribution is 2.29. The maximum Gasteiger partial charge on any atom is 0.237 e. The maximum absolute atomic E-state index is 12.0. The molecule has 0 spiro atoms. The van der Waals surface area contributed by atoms with Gasteiger partial charge >= 0.3 is 0 Å². The number of benzene rings is 1. The largest absolute Gasteiger partial charge is 0.399 e. The van der Waals surface area contributed by atoms with Crippen LogP contribution in [-0.2, 0) is 4.79 Å². The summed E-state index contributed by atoms with van der Waals surface area (Å²) < 4.78 is 0. The standard InChI is InChI=1S/C15H22N2OS/c1-11(19-10-12-4-2-3-5-12)15(18)17-14-8-6-13(16)7-9-14/h6-9,11-12H,2-5,10,16H2,1H3,(H,17,18). The topological polar surface area (TPSA) is 55.1 Å². The number of anilines is 2. The highest BCUT2D eigenvalue weighted by atomic mass is 32.2. The number of nitrogens with two attached hydrogens (primary N) is 1. The molecule has 1 unspecified atom stereocenters. The smallest absolute Gasteiger partial charge is 0.237 e. The number of carbonyl (C=O) groups excluding carboxylic acids is 1. The molecule has 1 atom stereocenters. The molecular weight excluding hydrogens is 256 g/mol. The van der Waals surface area contributed by atoms with Gasteiger partial charge in [0.1, 0.15) is 0 Å². The minimum Gasteiger partial charge on any atom is -0.399 e. The van der Waals surface area contributed by atoms with Gasteiger partial charge in [0.2, 0.25) is 5.91 Å². The summed E-state index contributed by atoms with van der Waals surface area (Å²) in [5.41, 5.74) is 7.14. The van der Waals surface area contributed by atoms with Gasteiger partial charge in [-0.05, 0) is 55.7 Å². The Morgan fingerprint density at radius 2 is 2.00 bits per heavy atom. The van der Waals surface area contributed by atoms with Gasteiger partial charge in [0, 0.05) is 11.4 Å². The number of nitrogen functional groups attached to an aromatic ring is 1. The van der Waals surface area contributed by atoms with Crippen LogP contribution in [0.1, 0.15) is 32.6 Å². The fourth-order valence-electron chi connectivity index (χ4n) is 2.34. The highest BCUT2D eigenvalue weighted by Gasteiger charge is 2.19. The molecule has 0 saturated heterocycles. The second kappa shape index (κ2) is 6.85. The quantitative estimate of drug-likeness (QED) is 0.810. The van der Waals surface area contributed by atoms with Crippen molar-refractivity contribution >= 4 is 29.0 Å². The molecule has 3 N–H and O–H groups in total. The van der Waals surface area contributed by atoms with Crippen LogP contribution in [0.5, 0.6) is 0 Å². The van der Waals surface area contributed by atoms with Gasteiger partial charge in [-0.1, -0.05) is 12.8 Å². The van der Waals surface area contributed by atoms with Crippen LogP contribution in [0.15, 0.2) is 24.3 Å². The average molecular weight is 278 g/mol. The molecule has 0 bridgehead atoms. The molecule has 19 heavy (non-hydrogen) atoms. The van der Waals surface area contributed by atoms with Gasteiger partial charge in [-0.25, -0.2) is 0 Å². The summed E-state index contributed by atoms with van der Waals surface area (Å²) >= 11 is 1.77. The van der Waals surface area contributed by atoms with Crippen molar-refractivity contribution in [1.82, 2.24) is 0 Å². The molecule has 104 valence electrons. The zero-order valence-electron chi connectivity index (χ0n) is 11.4. The van der Waals surface area contributed by atoms with Crippen molar-refractivity contribution < 1.29 is 4.79 Å². The predicted octanol–water partition coefficient (Wildman–Crippen LogP) is 3.52. The van der Waals surface area contributed by atoms with Crippen LogP contribution in [0.2, 0.25) is 0 Å². The lowest BCUT2D eigenvalue weighted by atomic mass is 10.1. The van der Waals surface area contributed by atoms with E-state index in [0.29, 0.717) is 5.69 Å². The van der Waals surface area contributed by atoms with Gasteiger partial charge in [0.15, 0.2) is 0 Å². The summed E-state index contributed by atoms with van der Waals surface area (Å²) in [6.07, 6.45) is 5.38. The van der Waals surface area contributed by atoms with Crippen LogP contribution < -0.4 is 11.1 Å². The SMILES string of the molecule is CC(SCC1CCCC1)C(=O)Nc1ccc(N)cc1. The van der Waals surface area contributed by atoms with Crippen molar-refractivity contribution in [3.05, 3.63) is 24.3 Å². The zero-order valence-corrected chi connectivity index (χ0v) is 12.2. The first kappa shape index (κ1) is 14.3. The van der Waals surface area contributed by atoms with Crippen molar-refractivity contribution in [2.24, 2.45) is 5.92 Å². The zero-order chi connectivity index (χ0) is 13.7. The molecule has 0 radical (unpaired) electrons. The summed E-state index contributed by atoms with van der Waals surface area (Å²) in [4.78, 5) is 12.0. The Balaban J connectivity index is 1.76. The number of thioether (sulfide) groups is 1. The molecule has 1 aliphatic carbocycles. The number of hydrogen-bond donors (Lipinski definition) is 2. The molecule has 4 heteroatoms. The lowest BCUT2D eigenvalue weighted by Gasteiger charge is -2.14. The number of amides is 1. The van der Waals surface area contributed by atoms with Gasteiger partial charge < -0.3 is 11.1 Å². The van der Waals surface area contributed by atoms with Crippen LogP contribution in [-0.4, -0.2) is 16.9 Å². The Morgan fingerprint density at radius 1 is 1.37 bits per heavy atom. The van der Waals surface area contributed by atoms with E-state index in [9.17, 15) is 4.79 Å². The summed E-state index contributed by atoms with van der Waals surface area (Å²) in [7, 11) is 0. The minimum absolute atomic E-state index is 0.00171. The van der Waals surface area contributed by atoms with E-state index < -0.39 is 0 Å². The number of nitrogens with one attached hydrogen (secondary N) is 1. The maximum atomic E-state index is 12.0. The van der Waals surface area contributed by atoms with E-state index in [1.807, 2.05) is 19.1 Å². The van der Waals surface area contributed by atoms with Crippen molar-refractivity contribution in [2.75, 3.05) is 16.8 Å². The number of hydrogen-bond acceptors (Lipinski definition) is 3. The molecule has 0 heterocycles. The second-order valence-electron chi connectivity index (χ2n) is 5.24. The molecule has 2 rings (SSSR count). The van der Waals surface area contributed by atoms with Crippen LogP contribution in [0, 0.1) is 5.92 Å². The Kier molecular flexibility index (Phi) is 5.14. The van der Waals surface area contributed by atoms with Crippen LogP contribution in [0.3, 0.4) is 0 Å². The van der Waals surface area contributed by atoms with E-state index in [1.54, 1.807) is 23.9 Å². The molecule has 1 amide bonds. The van der Waals surface area contributed by atoms with E-state index in [-0.39, 0.29) is 11.2 Å². The van der Waals surface area contributed by atoms with Crippen LogP contribution in [0.25, 0.3) is 0 Å². The Labute approximate surface area is 119 Å². The van der Waals surface area contributed by atoms with Crippen LogP contribution in [0.4, 0.5) is 11.4 Å². The van der Waals surface area contributed by atoms with Gasteiger partial charge in [-0.3, -0.25) is 4.79 Å². The minimum atomic E-state index is -0.00171. The molecule has 1 aromatic carbocycles. The lowest BCUT2D eigenvalue weighted by molar-refractivity contribution is -0.115. The molecule has 0 aromatic heterocycles. The summed E-state index contributed by atoms with van der Waals surface area (Å²) in [6.45, 7) is 1.98. The Bertz CT molecular complexity index is 413. The summed E-state index contributed by atoms with van der Waals surface area (Å²) in [5.74, 6) is 2.00. The predicted molar refractivity (Wildman–Crippen MR) is 83.4 cm³/mol. The molecule has 1 aromatic rings. The molecule has 1 saturated carbocycles. The first-order valence-electron chi connectivity index (χ1n) is 6.93. The third kappa shape index (κ3) is 4.46. The van der Waals surface area contributed by atoms with Gasteiger partial charge in [0.05, 0.1) is 5.25 Å². The van der Waals surface area contributed by atoms with Crippen molar-refractivity contribution in [2.45, 2.75) is 37.9 Å². The monoisotopic (exact) mass is 278 g/mol. The van der Waals surface area contributed by atoms with E-state index in [0.717, 1.165) is 17.4 Å². The Morgan fingerprint density at radius 3 is 2.63 bits per heavy atom. The third-order valence-electron chi connectivity index (χ3n) is 3.60. The lowest BCUT2D eigenvalue weighted by Crippen LogP contribution is -2.23. The number of rotatable bonds is 5. The fraction of sp³-hybridized carbons (Fsp3) is 0.533. The van der Waals surface area contributed by atoms with E-state index >= 15 is 0 Å². The van der Waals surface area contributed by atoms with Crippen molar-refractivity contribution in [1.29, 1.82) is 0 Å². The molecule has 3 nitrogen and oxygen atoms in total. The molecular formula is C15H22N2OS. The van der Waals surface area contributed by atoms with E-state index in [1.165, 1.54) is 25.7 Å². The van der Waals surface area contributed by atoms with Gasteiger partial charge in [0.25, 0.3) is 0 Å². The normalized spacial score (nSPS) is 17.3. The van der Waals surface area contributed by atoms with Crippen LogP contribution >= 0.6 is 11.8 Å². The van der Waals surface area contributed by atoms with Crippen molar-refractivity contribution in [3.63, 3.8) is 0 Å². The second-order valence-corrected chi connectivity index (χ2v) is 6.61. The first-order valence-corrected chi connectivity index (χ1v) is 7.98. The van der Waals surface area contributed by atoms with E-state index in [2.05, 4.69) is 5.32 Å². The summed E-state index contributed by atoms with van der Waals surface area (Å²) in [5, 5.41) is 2.93. The number of carbonyl (C=O) groups is 1. The van der Waals surface area contributed by atoms with Gasteiger partial charge in [-0.2, -0.15) is 0 Å². The Hall–Kier alpha value is -1.16. The van der Waals surface area contributed by atoms with Crippen molar-refractivity contribution in [3.8, 4) is 0 Å². The molecule has 0 aliphatic heterocycles. The molecule has 1 fully saturated rings. The van der Waals surface area contributed by atoms with E-state index in [4.69, 9.17) is 5.73 Å².